The molecule has 1 aliphatic carbocycles. The Bertz CT molecular complexity index is 709. The maximum atomic E-state index is 12.0. The smallest absolute Gasteiger partial charge is 0.250 e. The molecule has 1 heterocycles. The van der Waals surface area contributed by atoms with Crippen molar-refractivity contribution in [1.29, 1.82) is 0 Å². The number of ether oxygens (including phenoxy) is 1. The van der Waals surface area contributed by atoms with E-state index in [1.165, 1.54) is 24.8 Å². The Morgan fingerprint density at radius 3 is 2.78 bits per heavy atom. The Balaban J connectivity index is 1.77. The normalized spacial score (nSPS) is 15.3. The van der Waals surface area contributed by atoms with Crippen molar-refractivity contribution in [1.82, 2.24) is 0 Å². The zero-order valence-corrected chi connectivity index (χ0v) is 14.2. The van der Waals surface area contributed by atoms with E-state index in [9.17, 15) is 4.79 Å². The average molecular weight is 315 g/mol. The summed E-state index contributed by atoms with van der Waals surface area (Å²) < 4.78 is 11.5. The fourth-order valence-corrected chi connectivity index (χ4v) is 3.00. The Hall–Kier alpha value is -1.81. The number of amides is 1. The molecule has 2 aromatic rings. The van der Waals surface area contributed by atoms with Gasteiger partial charge in [0.2, 0.25) is 5.91 Å². The van der Waals surface area contributed by atoms with Gasteiger partial charge in [-0.15, -0.1) is 0 Å². The van der Waals surface area contributed by atoms with Crippen LogP contribution in [-0.2, 0) is 22.4 Å². The van der Waals surface area contributed by atoms with Crippen LogP contribution in [0.25, 0.3) is 11.0 Å². The maximum absolute atomic E-state index is 12.0. The van der Waals surface area contributed by atoms with Gasteiger partial charge in [0.15, 0.2) is 0 Å². The van der Waals surface area contributed by atoms with Gasteiger partial charge in [0.1, 0.15) is 18.0 Å². The summed E-state index contributed by atoms with van der Waals surface area (Å²) in [5, 5.41) is 4.05. The number of anilines is 1. The van der Waals surface area contributed by atoms with Crippen molar-refractivity contribution in [2.24, 2.45) is 0 Å². The van der Waals surface area contributed by atoms with Gasteiger partial charge in [0.05, 0.1) is 5.60 Å². The van der Waals surface area contributed by atoms with E-state index in [-0.39, 0.29) is 18.1 Å². The van der Waals surface area contributed by atoms with Crippen LogP contribution in [0.5, 0.6) is 0 Å². The van der Waals surface area contributed by atoms with E-state index in [0.717, 1.165) is 35.3 Å². The molecule has 23 heavy (non-hydrogen) atoms. The number of aryl methyl sites for hydroxylation is 2. The molecule has 0 fully saturated rings. The zero-order valence-electron chi connectivity index (χ0n) is 14.2. The summed E-state index contributed by atoms with van der Waals surface area (Å²) in [5.74, 6) is 0.992. The van der Waals surface area contributed by atoms with Gasteiger partial charge in [-0.05, 0) is 58.2 Å². The van der Waals surface area contributed by atoms with Crippen LogP contribution in [-0.4, -0.2) is 18.1 Å². The van der Waals surface area contributed by atoms with E-state index in [1.54, 1.807) is 0 Å². The molecule has 1 N–H and O–H groups in total. The molecule has 1 aromatic carbocycles. The first kappa shape index (κ1) is 16.1. The van der Waals surface area contributed by atoms with Gasteiger partial charge in [-0.3, -0.25) is 4.79 Å². The average Bonchev–Trinajstić information content (AvgIpc) is 2.66. The van der Waals surface area contributed by atoms with Crippen LogP contribution >= 0.6 is 0 Å². The minimum Gasteiger partial charge on any atom is -0.461 e. The highest BCUT2D eigenvalue weighted by atomic mass is 16.5. The van der Waals surface area contributed by atoms with Crippen LogP contribution in [0.15, 0.2) is 22.6 Å². The lowest BCUT2D eigenvalue weighted by Gasteiger charge is -2.19. The highest BCUT2D eigenvalue weighted by molar-refractivity contribution is 5.95. The Morgan fingerprint density at radius 1 is 1.22 bits per heavy atom. The van der Waals surface area contributed by atoms with Crippen LogP contribution in [0.2, 0.25) is 0 Å². The van der Waals surface area contributed by atoms with Gasteiger partial charge in [-0.1, -0.05) is 6.42 Å². The maximum Gasteiger partial charge on any atom is 0.250 e. The van der Waals surface area contributed by atoms with E-state index in [0.29, 0.717) is 0 Å². The molecule has 3 rings (SSSR count). The van der Waals surface area contributed by atoms with Crippen molar-refractivity contribution < 1.29 is 13.9 Å². The van der Waals surface area contributed by atoms with Gasteiger partial charge < -0.3 is 14.5 Å². The van der Waals surface area contributed by atoms with Crippen molar-refractivity contribution in [2.45, 2.75) is 58.5 Å². The number of carbonyl (C=O) groups is 1. The second-order valence-corrected chi connectivity index (χ2v) is 7.22. The molecule has 0 saturated carbocycles. The monoisotopic (exact) mass is 315 g/mol. The topological polar surface area (TPSA) is 51.5 Å². The van der Waals surface area contributed by atoms with Crippen molar-refractivity contribution in [3.05, 3.63) is 29.5 Å². The van der Waals surface area contributed by atoms with Crippen LogP contribution in [0.1, 0.15) is 51.4 Å². The van der Waals surface area contributed by atoms with Crippen molar-refractivity contribution in [2.75, 3.05) is 11.9 Å². The number of fused-ring (bicyclic) bond motifs is 3. The van der Waals surface area contributed by atoms with E-state index in [4.69, 9.17) is 9.15 Å². The van der Waals surface area contributed by atoms with Crippen molar-refractivity contribution in [3.63, 3.8) is 0 Å². The lowest BCUT2D eigenvalue weighted by molar-refractivity contribution is -0.125. The molecule has 1 amide bonds. The lowest BCUT2D eigenvalue weighted by atomic mass is 10.1. The van der Waals surface area contributed by atoms with Crippen LogP contribution in [0.3, 0.4) is 0 Å². The first-order chi connectivity index (χ1) is 10.9. The molecule has 0 bridgehead atoms. The van der Waals surface area contributed by atoms with Gasteiger partial charge in [0.25, 0.3) is 0 Å². The first-order valence-corrected chi connectivity index (χ1v) is 8.40. The molecule has 1 aromatic heterocycles. The third-order valence-electron chi connectivity index (χ3n) is 4.13. The van der Waals surface area contributed by atoms with Crippen LogP contribution in [0, 0.1) is 0 Å². The molecule has 0 radical (unpaired) electrons. The molecular formula is C19H25NO3. The van der Waals surface area contributed by atoms with Gasteiger partial charge >= 0.3 is 0 Å². The molecule has 0 spiro atoms. The summed E-state index contributed by atoms with van der Waals surface area (Å²) in [7, 11) is 0. The van der Waals surface area contributed by atoms with E-state index in [1.807, 2.05) is 39.0 Å². The fraction of sp³-hybridized carbons (Fsp3) is 0.526. The second-order valence-electron chi connectivity index (χ2n) is 7.22. The number of furan rings is 1. The second kappa shape index (κ2) is 6.36. The highest BCUT2D eigenvalue weighted by Crippen LogP contribution is 2.32. The fourth-order valence-electron chi connectivity index (χ4n) is 3.00. The minimum atomic E-state index is -0.316. The summed E-state index contributed by atoms with van der Waals surface area (Å²) in [6.07, 6.45) is 5.74. The van der Waals surface area contributed by atoms with Crippen molar-refractivity contribution in [3.8, 4) is 0 Å². The molecule has 4 heteroatoms. The van der Waals surface area contributed by atoms with E-state index < -0.39 is 0 Å². The largest absolute Gasteiger partial charge is 0.461 e. The van der Waals surface area contributed by atoms with Gasteiger partial charge in [0, 0.05) is 23.1 Å². The first-order valence-electron chi connectivity index (χ1n) is 8.40. The Labute approximate surface area is 137 Å². The highest BCUT2D eigenvalue weighted by Gasteiger charge is 2.17. The molecular weight excluding hydrogens is 290 g/mol. The minimum absolute atomic E-state index is 0.0605. The quantitative estimate of drug-likeness (QED) is 0.851. The Kier molecular flexibility index (Phi) is 4.44. The van der Waals surface area contributed by atoms with E-state index in [2.05, 4.69) is 5.32 Å². The van der Waals surface area contributed by atoms with Gasteiger partial charge in [-0.2, -0.15) is 0 Å². The third kappa shape index (κ3) is 3.94. The summed E-state index contributed by atoms with van der Waals surface area (Å²) >= 11 is 0. The summed E-state index contributed by atoms with van der Waals surface area (Å²) in [5.41, 5.74) is 2.72. The van der Waals surface area contributed by atoms with E-state index >= 15 is 0 Å². The molecule has 0 unspecified atom stereocenters. The molecule has 4 nitrogen and oxygen atoms in total. The number of hydrogen-bond acceptors (Lipinski definition) is 3. The summed E-state index contributed by atoms with van der Waals surface area (Å²) in [6.45, 7) is 5.87. The molecule has 0 atom stereocenters. The molecule has 0 aliphatic heterocycles. The number of hydrogen-bond donors (Lipinski definition) is 1. The van der Waals surface area contributed by atoms with Gasteiger partial charge in [-0.25, -0.2) is 0 Å². The third-order valence-corrected chi connectivity index (χ3v) is 4.13. The standard InChI is InChI=1S/C19H25NO3/c1-19(2,3)22-12-18(21)20-13-9-10-17-15(11-13)14-7-5-4-6-8-16(14)23-17/h9-11H,4-8,12H2,1-3H3,(H,20,21). The number of carbonyl (C=O) groups excluding carboxylic acids is 1. The SMILES string of the molecule is CC(C)(C)OCC(=O)Nc1ccc2oc3c(c2c1)CCCCC3. The molecule has 0 saturated heterocycles. The number of rotatable bonds is 3. The Morgan fingerprint density at radius 2 is 2.00 bits per heavy atom. The molecule has 124 valence electrons. The predicted octanol–water partition coefficient (Wildman–Crippen LogP) is 4.46. The number of benzene rings is 1. The summed E-state index contributed by atoms with van der Waals surface area (Å²) in [6, 6.07) is 5.86. The zero-order chi connectivity index (χ0) is 16.4. The predicted molar refractivity (Wildman–Crippen MR) is 91.8 cm³/mol. The van der Waals surface area contributed by atoms with Crippen LogP contribution < -0.4 is 5.32 Å². The van der Waals surface area contributed by atoms with Crippen LogP contribution in [0.4, 0.5) is 5.69 Å². The number of nitrogens with one attached hydrogen (secondary N) is 1. The van der Waals surface area contributed by atoms with Crippen molar-refractivity contribution >= 4 is 22.6 Å². The molecule has 1 aliphatic rings. The lowest BCUT2D eigenvalue weighted by Crippen LogP contribution is -2.27. The summed E-state index contributed by atoms with van der Waals surface area (Å²) in [4.78, 5) is 12.0.